The van der Waals surface area contributed by atoms with Crippen molar-refractivity contribution >= 4 is 5.97 Å². The summed E-state index contributed by atoms with van der Waals surface area (Å²) in [6.45, 7) is 0.992. The molecule has 0 aliphatic carbocycles. The van der Waals surface area contributed by atoms with E-state index in [0.717, 1.165) is 11.3 Å². The van der Waals surface area contributed by atoms with Gasteiger partial charge < -0.3 is 18.9 Å². The molecular weight excluding hydrogens is 296 g/mol. The molecule has 0 spiro atoms. The molecule has 0 heterocycles. The number of methoxy groups -OCH3 is 2. The predicted molar refractivity (Wildman–Crippen MR) is 85.9 cm³/mol. The Hall–Kier alpha value is -2.53. The SMILES string of the molecule is COCCOc1ccccc1C(=O)OCc1cccc(OC)c1. The number of carbonyl (C=O) groups is 1. The largest absolute Gasteiger partial charge is 0.497 e. The molecule has 0 unspecified atom stereocenters. The van der Waals surface area contributed by atoms with Crippen LogP contribution in [0.15, 0.2) is 48.5 Å². The quantitative estimate of drug-likeness (QED) is 0.553. The summed E-state index contributed by atoms with van der Waals surface area (Å²) in [5.41, 5.74) is 1.25. The van der Waals surface area contributed by atoms with Crippen LogP contribution in [-0.4, -0.2) is 33.4 Å². The second-order valence-corrected chi connectivity index (χ2v) is 4.77. The zero-order valence-electron chi connectivity index (χ0n) is 13.3. The molecule has 2 aromatic carbocycles. The van der Waals surface area contributed by atoms with Crippen molar-refractivity contribution in [1.82, 2.24) is 0 Å². The molecule has 0 saturated heterocycles. The second kappa shape index (κ2) is 8.80. The lowest BCUT2D eigenvalue weighted by molar-refractivity contribution is 0.0466. The number of benzene rings is 2. The van der Waals surface area contributed by atoms with Crippen molar-refractivity contribution in [2.75, 3.05) is 27.4 Å². The molecule has 0 N–H and O–H groups in total. The van der Waals surface area contributed by atoms with Crippen LogP contribution in [0.5, 0.6) is 11.5 Å². The monoisotopic (exact) mass is 316 g/mol. The molecule has 0 aliphatic heterocycles. The Bertz CT molecular complexity index is 639. The van der Waals surface area contributed by atoms with Crippen LogP contribution in [-0.2, 0) is 16.1 Å². The van der Waals surface area contributed by atoms with Gasteiger partial charge in [-0.3, -0.25) is 0 Å². The van der Waals surface area contributed by atoms with Crippen molar-refractivity contribution < 1.29 is 23.7 Å². The molecule has 0 fully saturated rings. The summed E-state index contributed by atoms with van der Waals surface area (Å²) < 4.78 is 21.0. The molecule has 0 saturated carbocycles. The Morgan fingerprint density at radius 2 is 1.83 bits per heavy atom. The van der Waals surface area contributed by atoms with Gasteiger partial charge in [0.05, 0.1) is 13.7 Å². The second-order valence-electron chi connectivity index (χ2n) is 4.77. The highest BCUT2D eigenvalue weighted by atomic mass is 16.5. The van der Waals surface area contributed by atoms with Gasteiger partial charge in [-0.1, -0.05) is 24.3 Å². The van der Waals surface area contributed by atoms with Gasteiger partial charge in [-0.25, -0.2) is 4.79 Å². The van der Waals surface area contributed by atoms with Crippen molar-refractivity contribution in [3.05, 3.63) is 59.7 Å². The summed E-state index contributed by atoms with van der Waals surface area (Å²) in [6.07, 6.45) is 0. The Kier molecular flexibility index (Phi) is 6.44. The van der Waals surface area contributed by atoms with Crippen LogP contribution >= 0.6 is 0 Å². The number of esters is 1. The standard InChI is InChI=1S/C18H20O5/c1-20-10-11-22-17-9-4-3-8-16(17)18(19)23-13-14-6-5-7-15(12-14)21-2/h3-9,12H,10-11,13H2,1-2H3. The van der Waals surface area contributed by atoms with Crippen LogP contribution in [0.3, 0.4) is 0 Å². The third-order valence-corrected chi connectivity index (χ3v) is 3.16. The smallest absolute Gasteiger partial charge is 0.342 e. The van der Waals surface area contributed by atoms with E-state index in [2.05, 4.69) is 0 Å². The van der Waals surface area contributed by atoms with Gasteiger partial charge in [0.15, 0.2) is 0 Å². The molecule has 0 aromatic heterocycles. The molecule has 2 aromatic rings. The maximum absolute atomic E-state index is 12.3. The first-order valence-electron chi connectivity index (χ1n) is 7.25. The zero-order chi connectivity index (χ0) is 16.5. The van der Waals surface area contributed by atoms with Crippen molar-refractivity contribution in [2.45, 2.75) is 6.61 Å². The summed E-state index contributed by atoms with van der Waals surface area (Å²) >= 11 is 0. The van der Waals surface area contributed by atoms with Gasteiger partial charge in [0, 0.05) is 7.11 Å². The van der Waals surface area contributed by atoms with Crippen molar-refractivity contribution in [2.24, 2.45) is 0 Å². The van der Waals surface area contributed by atoms with Crippen LogP contribution < -0.4 is 9.47 Å². The van der Waals surface area contributed by atoms with Crippen LogP contribution in [0.25, 0.3) is 0 Å². The first kappa shape index (κ1) is 16.8. The van der Waals surface area contributed by atoms with E-state index < -0.39 is 5.97 Å². The lowest BCUT2D eigenvalue weighted by atomic mass is 10.2. The molecule has 0 radical (unpaired) electrons. The highest BCUT2D eigenvalue weighted by molar-refractivity contribution is 5.92. The van der Waals surface area contributed by atoms with Crippen LogP contribution in [0.1, 0.15) is 15.9 Å². The van der Waals surface area contributed by atoms with Gasteiger partial charge in [-0.15, -0.1) is 0 Å². The van der Waals surface area contributed by atoms with Gasteiger partial charge in [0.1, 0.15) is 30.3 Å². The summed E-state index contributed by atoms with van der Waals surface area (Å²) in [5.74, 6) is 0.780. The molecule has 23 heavy (non-hydrogen) atoms. The number of para-hydroxylation sites is 1. The minimum Gasteiger partial charge on any atom is -0.497 e. The number of rotatable bonds is 8. The molecule has 5 heteroatoms. The minimum atomic E-state index is -0.430. The zero-order valence-corrected chi connectivity index (χ0v) is 13.3. The molecule has 0 amide bonds. The van der Waals surface area contributed by atoms with Gasteiger partial charge in [0.2, 0.25) is 0 Å². The normalized spacial score (nSPS) is 10.2. The Labute approximate surface area is 135 Å². The van der Waals surface area contributed by atoms with E-state index in [-0.39, 0.29) is 6.61 Å². The molecular formula is C18H20O5. The molecule has 0 aliphatic rings. The van der Waals surface area contributed by atoms with E-state index in [1.54, 1.807) is 38.5 Å². The molecule has 2 rings (SSSR count). The first-order valence-corrected chi connectivity index (χ1v) is 7.25. The summed E-state index contributed by atoms with van der Waals surface area (Å²) in [7, 11) is 3.19. The van der Waals surface area contributed by atoms with E-state index >= 15 is 0 Å². The van der Waals surface area contributed by atoms with E-state index in [1.165, 1.54) is 0 Å². The van der Waals surface area contributed by atoms with Crippen molar-refractivity contribution in [3.8, 4) is 11.5 Å². The number of ether oxygens (including phenoxy) is 4. The van der Waals surface area contributed by atoms with E-state index in [0.29, 0.717) is 24.5 Å². The maximum Gasteiger partial charge on any atom is 0.342 e. The highest BCUT2D eigenvalue weighted by Gasteiger charge is 2.13. The fourth-order valence-corrected chi connectivity index (χ4v) is 1.98. The highest BCUT2D eigenvalue weighted by Crippen LogP contribution is 2.20. The summed E-state index contributed by atoms with van der Waals surface area (Å²) in [6, 6.07) is 14.4. The fourth-order valence-electron chi connectivity index (χ4n) is 1.98. The lowest BCUT2D eigenvalue weighted by Crippen LogP contribution is -2.10. The third kappa shape index (κ3) is 5.00. The van der Waals surface area contributed by atoms with E-state index in [4.69, 9.17) is 18.9 Å². The van der Waals surface area contributed by atoms with Gasteiger partial charge in [0.25, 0.3) is 0 Å². The topological polar surface area (TPSA) is 54.0 Å². The van der Waals surface area contributed by atoms with Crippen molar-refractivity contribution in [1.29, 1.82) is 0 Å². The van der Waals surface area contributed by atoms with Crippen LogP contribution in [0.2, 0.25) is 0 Å². The molecule has 0 atom stereocenters. The van der Waals surface area contributed by atoms with E-state index in [1.807, 2.05) is 24.3 Å². The van der Waals surface area contributed by atoms with Gasteiger partial charge in [-0.2, -0.15) is 0 Å². The fraction of sp³-hybridized carbons (Fsp3) is 0.278. The molecule has 0 bridgehead atoms. The van der Waals surface area contributed by atoms with Crippen LogP contribution in [0.4, 0.5) is 0 Å². The first-order chi connectivity index (χ1) is 11.2. The lowest BCUT2D eigenvalue weighted by Gasteiger charge is -2.11. The third-order valence-electron chi connectivity index (χ3n) is 3.16. The minimum absolute atomic E-state index is 0.169. The maximum atomic E-state index is 12.3. The Balaban J connectivity index is 2.00. The average Bonchev–Trinajstić information content (AvgIpc) is 2.60. The number of hydrogen-bond acceptors (Lipinski definition) is 5. The van der Waals surface area contributed by atoms with Crippen LogP contribution in [0, 0.1) is 0 Å². The predicted octanol–water partition coefficient (Wildman–Crippen LogP) is 3.08. The Morgan fingerprint density at radius 3 is 2.61 bits per heavy atom. The van der Waals surface area contributed by atoms with Crippen molar-refractivity contribution in [3.63, 3.8) is 0 Å². The summed E-state index contributed by atoms with van der Waals surface area (Å²) in [5, 5.41) is 0. The van der Waals surface area contributed by atoms with Gasteiger partial charge in [-0.05, 0) is 29.8 Å². The summed E-state index contributed by atoms with van der Waals surface area (Å²) in [4.78, 5) is 12.3. The van der Waals surface area contributed by atoms with Gasteiger partial charge >= 0.3 is 5.97 Å². The number of carbonyl (C=O) groups excluding carboxylic acids is 1. The van der Waals surface area contributed by atoms with E-state index in [9.17, 15) is 4.79 Å². The average molecular weight is 316 g/mol. The number of hydrogen-bond donors (Lipinski definition) is 0. The Morgan fingerprint density at radius 1 is 1.00 bits per heavy atom. The molecule has 122 valence electrons. The molecule has 5 nitrogen and oxygen atoms in total.